The summed E-state index contributed by atoms with van der Waals surface area (Å²) < 4.78 is 0. The van der Waals surface area contributed by atoms with Gasteiger partial charge in [-0.25, -0.2) is 0 Å². The average molecular weight is 634 g/mol. The summed E-state index contributed by atoms with van der Waals surface area (Å²) in [6, 6.07) is 19.6. The van der Waals surface area contributed by atoms with Gasteiger partial charge in [0, 0.05) is 78.1 Å². The number of hydrogen-bond donors (Lipinski definition) is 1. The van der Waals surface area contributed by atoms with Crippen LogP contribution in [-0.2, 0) is 19.9 Å². The molecule has 3 fully saturated rings. The minimum atomic E-state index is -0.956. The quantitative estimate of drug-likeness (QED) is 0.223. The average Bonchev–Trinajstić information content (AvgIpc) is 3.72. The maximum atomic E-state index is 14.3. The molecule has 0 saturated carbocycles. The second-order valence-corrected chi connectivity index (χ2v) is 12.5. The van der Waals surface area contributed by atoms with E-state index in [-0.39, 0.29) is 71.6 Å². The fourth-order valence-electron chi connectivity index (χ4n) is 7.88. The second kappa shape index (κ2) is 11.7. The Morgan fingerprint density at radius 1 is 0.894 bits per heavy atom. The van der Waals surface area contributed by atoms with Crippen molar-refractivity contribution >= 4 is 46.8 Å². The van der Waals surface area contributed by atoms with Gasteiger partial charge in [0.25, 0.3) is 11.4 Å². The van der Waals surface area contributed by atoms with E-state index in [4.69, 9.17) is 0 Å². The van der Waals surface area contributed by atoms with Crippen LogP contribution >= 0.6 is 0 Å². The van der Waals surface area contributed by atoms with Crippen molar-refractivity contribution in [3.63, 3.8) is 0 Å². The van der Waals surface area contributed by atoms with Crippen LogP contribution in [0.2, 0.25) is 0 Å². The fraction of sp³-hybridized carbons (Fsp3) is 0.286. The van der Waals surface area contributed by atoms with E-state index in [1.807, 2.05) is 24.3 Å². The number of nitro benzene ring substituents is 2. The Balaban J connectivity index is 1.24. The third-order valence-corrected chi connectivity index (χ3v) is 9.83. The van der Waals surface area contributed by atoms with Gasteiger partial charge in [-0.2, -0.15) is 0 Å². The standard InChI is InChI=1S/C35H31N5O7/c41-32(19-26-18-27-10-5-13-38(27)35(26)30-11-1-2-12-31(30)36-34(35)43)37-20-24(14-22-6-3-8-28(16-22)39(44)45)33(42)25(21-37)15-23-7-4-9-29(17-23)40(46)47/h1-4,6-9,11-12,14-17,26-27H,5,10,13,18-21H2,(H,36,43)/b24-14+,25-15+/t26-,27-,35-/m1/s1. The molecule has 3 atom stereocenters. The number of nitro groups is 2. The molecule has 7 rings (SSSR count). The van der Waals surface area contributed by atoms with Crippen molar-refractivity contribution in [3.8, 4) is 0 Å². The molecule has 0 radical (unpaired) electrons. The highest BCUT2D eigenvalue weighted by Gasteiger charge is 2.63. The molecule has 4 aliphatic heterocycles. The van der Waals surface area contributed by atoms with Crippen molar-refractivity contribution in [2.24, 2.45) is 5.92 Å². The third-order valence-electron chi connectivity index (χ3n) is 9.83. The van der Waals surface area contributed by atoms with Crippen LogP contribution in [0.1, 0.15) is 42.4 Å². The molecule has 4 heterocycles. The molecule has 0 aromatic heterocycles. The number of Topliss-reactive ketones (excluding diaryl/α,β-unsaturated/α-hetero) is 1. The Labute approximate surface area is 269 Å². The van der Waals surface area contributed by atoms with E-state index in [0.717, 1.165) is 30.6 Å². The number of likely N-dealkylation sites (tertiary alicyclic amines) is 1. The fourth-order valence-corrected chi connectivity index (χ4v) is 7.88. The Bertz CT molecular complexity index is 1840. The topological polar surface area (TPSA) is 156 Å². The smallest absolute Gasteiger partial charge is 0.270 e. The summed E-state index contributed by atoms with van der Waals surface area (Å²) in [7, 11) is 0. The summed E-state index contributed by atoms with van der Waals surface area (Å²) in [5.74, 6) is -0.994. The van der Waals surface area contributed by atoms with E-state index in [2.05, 4.69) is 10.2 Å². The summed E-state index contributed by atoms with van der Waals surface area (Å²) in [5, 5.41) is 25.9. The van der Waals surface area contributed by atoms with Crippen molar-refractivity contribution in [1.29, 1.82) is 0 Å². The number of hydrogen-bond acceptors (Lipinski definition) is 8. The summed E-state index contributed by atoms with van der Waals surface area (Å²) in [6.45, 7) is 0.714. The highest BCUT2D eigenvalue weighted by Crippen LogP contribution is 2.56. The molecule has 0 unspecified atom stereocenters. The molecule has 238 valence electrons. The molecule has 2 amide bonds. The van der Waals surface area contributed by atoms with Crippen LogP contribution in [0.25, 0.3) is 12.2 Å². The van der Waals surface area contributed by atoms with E-state index < -0.39 is 15.4 Å². The normalized spacial score (nSPS) is 25.3. The molecule has 12 nitrogen and oxygen atoms in total. The molecule has 3 aromatic rings. The summed E-state index contributed by atoms with van der Waals surface area (Å²) in [4.78, 5) is 67.5. The number of fused-ring (bicyclic) bond motifs is 4. The Kier molecular flexibility index (Phi) is 7.51. The molecular formula is C35H31N5O7. The van der Waals surface area contributed by atoms with E-state index in [0.29, 0.717) is 17.5 Å². The summed E-state index contributed by atoms with van der Waals surface area (Å²) in [5.41, 5.74) is 1.80. The Morgan fingerprint density at radius 3 is 2.13 bits per heavy atom. The van der Waals surface area contributed by atoms with Crippen LogP contribution in [0, 0.1) is 26.1 Å². The van der Waals surface area contributed by atoms with Gasteiger partial charge in [-0.15, -0.1) is 0 Å². The van der Waals surface area contributed by atoms with Gasteiger partial charge in [0.2, 0.25) is 11.8 Å². The van der Waals surface area contributed by atoms with Crippen molar-refractivity contribution in [2.75, 3.05) is 25.0 Å². The number of non-ortho nitro benzene ring substituents is 2. The first kappa shape index (κ1) is 30.2. The second-order valence-electron chi connectivity index (χ2n) is 12.5. The molecular weight excluding hydrogens is 602 g/mol. The monoisotopic (exact) mass is 633 g/mol. The molecule has 47 heavy (non-hydrogen) atoms. The zero-order valence-electron chi connectivity index (χ0n) is 25.3. The lowest BCUT2D eigenvalue weighted by Gasteiger charge is -2.38. The number of para-hydroxylation sites is 1. The van der Waals surface area contributed by atoms with Crippen LogP contribution in [0.5, 0.6) is 0 Å². The maximum absolute atomic E-state index is 14.3. The lowest BCUT2D eigenvalue weighted by molar-refractivity contribution is -0.385. The maximum Gasteiger partial charge on any atom is 0.270 e. The SMILES string of the molecule is O=C1/C(=C/c2cccc([N+](=O)[O-])c2)CN(C(=O)C[C@H]2C[C@H]3CCCN3[C@]23C(=O)Nc2ccccc23)C/C1=C\c1cccc([N+](=O)[O-])c1. The van der Waals surface area contributed by atoms with Gasteiger partial charge in [-0.05, 0) is 55.2 Å². The number of piperidine rings is 1. The molecule has 0 aliphatic carbocycles. The highest BCUT2D eigenvalue weighted by atomic mass is 16.6. The first-order valence-electron chi connectivity index (χ1n) is 15.6. The van der Waals surface area contributed by atoms with Gasteiger partial charge in [-0.1, -0.05) is 42.5 Å². The van der Waals surface area contributed by atoms with Crippen LogP contribution in [0.4, 0.5) is 17.1 Å². The number of benzene rings is 3. The molecule has 4 aliphatic rings. The van der Waals surface area contributed by atoms with Gasteiger partial charge in [0.15, 0.2) is 5.78 Å². The molecule has 12 heteroatoms. The molecule has 1 spiro atoms. The summed E-state index contributed by atoms with van der Waals surface area (Å²) in [6.07, 6.45) is 5.79. The number of ketones is 1. The minimum Gasteiger partial charge on any atom is -0.334 e. The number of nitrogens with one attached hydrogen (secondary N) is 1. The zero-order chi connectivity index (χ0) is 32.9. The molecule has 3 saturated heterocycles. The first-order valence-corrected chi connectivity index (χ1v) is 15.6. The van der Waals surface area contributed by atoms with E-state index in [1.54, 1.807) is 29.2 Å². The van der Waals surface area contributed by atoms with Crippen molar-refractivity contribution in [3.05, 3.63) is 121 Å². The number of amides is 2. The van der Waals surface area contributed by atoms with Gasteiger partial charge in [0.05, 0.1) is 9.85 Å². The first-order chi connectivity index (χ1) is 22.6. The van der Waals surface area contributed by atoms with Crippen LogP contribution in [0.15, 0.2) is 83.9 Å². The zero-order valence-corrected chi connectivity index (χ0v) is 25.3. The van der Waals surface area contributed by atoms with Crippen LogP contribution in [-0.4, -0.2) is 62.9 Å². The number of carbonyl (C=O) groups excluding carboxylic acids is 3. The van der Waals surface area contributed by atoms with E-state index >= 15 is 0 Å². The number of rotatable bonds is 6. The van der Waals surface area contributed by atoms with Gasteiger partial charge in [-0.3, -0.25) is 39.5 Å². The predicted octanol–water partition coefficient (Wildman–Crippen LogP) is 5.10. The lowest BCUT2D eigenvalue weighted by atomic mass is 9.76. The van der Waals surface area contributed by atoms with Crippen molar-refractivity contribution in [2.45, 2.75) is 37.3 Å². The van der Waals surface area contributed by atoms with Gasteiger partial charge < -0.3 is 10.2 Å². The van der Waals surface area contributed by atoms with Gasteiger partial charge in [0.1, 0.15) is 5.54 Å². The van der Waals surface area contributed by atoms with E-state index in [9.17, 15) is 34.6 Å². The number of carbonyl (C=O) groups is 3. The van der Waals surface area contributed by atoms with Crippen molar-refractivity contribution < 1.29 is 24.2 Å². The van der Waals surface area contributed by atoms with Crippen LogP contribution < -0.4 is 5.32 Å². The largest absolute Gasteiger partial charge is 0.334 e. The predicted molar refractivity (Wildman–Crippen MR) is 173 cm³/mol. The summed E-state index contributed by atoms with van der Waals surface area (Å²) >= 11 is 0. The van der Waals surface area contributed by atoms with Crippen molar-refractivity contribution in [1.82, 2.24) is 9.80 Å². The van der Waals surface area contributed by atoms with Crippen LogP contribution in [0.3, 0.4) is 0 Å². The highest BCUT2D eigenvalue weighted by molar-refractivity contribution is 6.15. The van der Waals surface area contributed by atoms with Gasteiger partial charge >= 0.3 is 0 Å². The Hall–Kier alpha value is -5.49. The number of nitrogens with zero attached hydrogens (tertiary/aromatic N) is 4. The third kappa shape index (κ3) is 5.20. The lowest BCUT2D eigenvalue weighted by Crippen LogP contribution is -2.52. The minimum absolute atomic E-state index is 0.0255. The van der Waals surface area contributed by atoms with E-state index in [1.165, 1.54) is 36.4 Å². The Morgan fingerprint density at radius 2 is 1.51 bits per heavy atom. The molecule has 0 bridgehead atoms. The number of anilines is 1. The molecule has 3 aromatic carbocycles. The molecule has 1 N–H and O–H groups in total.